The van der Waals surface area contributed by atoms with Gasteiger partial charge in [0.25, 0.3) is 0 Å². The largest absolute Gasteiger partial charge is 0.490 e. The Morgan fingerprint density at radius 2 is 1.83 bits per heavy atom. The van der Waals surface area contributed by atoms with Crippen LogP contribution in [0.2, 0.25) is 0 Å². The van der Waals surface area contributed by atoms with Crippen LogP contribution in [0.5, 0.6) is 11.5 Å². The minimum Gasteiger partial charge on any atom is -0.490 e. The Morgan fingerprint density at radius 1 is 1.08 bits per heavy atom. The third kappa shape index (κ3) is 5.43. The Kier molecular flexibility index (Phi) is 6.37. The normalized spacial score (nSPS) is 10.6. The Hall–Kier alpha value is -2.82. The highest BCUT2D eigenvalue weighted by Crippen LogP contribution is 2.17. The van der Waals surface area contributed by atoms with Gasteiger partial charge in [-0.25, -0.2) is 5.43 Å². The average Bonchev–Trinajstić information content (AvgIpc) is 2.55. The van der Waals surface area contributed by atoms with Crippen molar-refractivity contribution in [3.05, 3.63) is 59.2 Å². The van der Waals surface area contributed by atoms with E-state index in [0.29, 0.717) is 19.0 Å². The summed E-state index contributed by atoms with van der Waals surface area (Å²) in [6.07, 6.45) is 1.56. The van der Waals surface area contributed by atoms with E-state index in [1.165, 1.54) is 18.1 Å². The molecule has 0 aliphatic carbocycles. The van der Waals surface area contributed by atoms with Gasteiger partial charge in [0, 0.05) is 12.5 Å². The SMILES string of the molecule is CC(=O)NN=Cc1ccccc1OCCOc1ccc(C)c(C)c1. The van der Waals surface area contributed by atoms with Gasteiger partial charge in [-0.15, -0.1) is 0 Å². The van der Waals surface area contributed by atoms with Crippen LogP contribution in [-0.4, -0.2) is 25.3 Å². The number of carbonyl (C=O) groups is 1. The minimum atomic E-state index is -0.216. The third-order valence-corrected chi connectivity index (χ3v) is 3.43. The molecule has 0 unspecified atom stereocenters. The standard InChI is InChI=1S/C19H22N2O3/c1-14-8-9-18(12-15(14)2)23-10-11-24-19-7-5-4-6-17(19)13-20-21-16(3)22/h4-9,12-13H,10-11H2,1-3H3,(H,21,22). The summed E-state index contributed by atoms with van der Waals surface area (Å²) in [6, 6.07) is 13.5. The van der Waals surface area contributed by atoms with E-state index in [-0.39, 0.29) is 5.91 Å². The van der Waals surface area contributed by atoms with Gasteiger partial charge < -0.3 is 9.47 Å². The molecule has 0 aliphatic rings. The van der Waals surface area contributed by atoms with Crippen LogP contribution in [-0.2, 0) is 4.79 Å². The summed E-state index contributed by atoms with van der Waals surface area (Å²) < 4.78 is 11.4. The van der Waals surface area contributed by atoms with Crippen molar-refractivity contribution >= 4 is 12.1 Å². The van der Waals surface area contributed by atoms with E-state index in [1.807, 2.05) is 42.5 Å². The first-order chi connectivity index (χ1) is 11.6. The smallest absolute Gasteiger partial charge is 0.236 e. The monoisotopic (exact) mass is 326 g/mol. The maximum absolute atomic E-state index is 10.8. The number of aryl methyl sites for hydroxylation is 2. The molecule has 2 aromatic rings. The molecule has 0 atom stereocenters. The zero-order valence-electron chi connectivity index (χ0n) is 14.2. The number of nitrogens with one attached hydrogen (secondary N) is 1. The summed E-state index contributed by atoms with van der Waals surface area (Å²) in [5.41, 5.74) is 5.60. The average molecular weight is 326 g/mol. The highest BCUT2D eigenvalue weighted by molar-refractivity contribution is 5.84. The first-order valence-corrected chi connectivity index (χ1v) is 7.78. The number of rotatable bonds is 7. The van der Waals surface area contributed by atoms with Crippen molar-refractivity contribution in [1.29, 1.82) is 0 Å². The van der Waals surface area contributed by atoms with Crippen LogP contribution < -0.4 is 14.9 Å². The molecule has 2 aromatic carbocycles. The third-order valence-electron chi connectivity index (χ3n) is 3.43. The van der Waals surface area contributed by atoms with Gasteiger partial charge in [-0.05, 0) is 49.2 Å². The van der Waals surface area contributed by atoms with Gasteiger partial charge in [-0.1, -0.05) is 18.2 Å². The van der Waals surface area contributed by atoms with Gasteiger partial charge in [-0.2, -0.15) is 5.10 Å². The molecule has 126 valence electrons. The fraction of sp³-hybridized carbons (Fsp3) is 0.263. The Morgan fingerprint density at radius 3 is 2.58 bits per heavy atom. The molecule has 0 spiro atoms. The number of para-hydroxylation sites is 1. The number of amides is 1. The van der Waals surface area contributed by atoms with E-state index in [1.54, 1.807) is 6.21 Å². The van der Waals surface area contributed by atoms with Crippen LogP contribution in [0.25, 0.3) is 0 Å². The van der Waals surface area contributed by atoms with Gasteiger partial charge in [0.05, 0.1) is 6.21 Å². The summed E-state index contributed by atoms with van der Waals surface area (Å²) in [7, 11) is 0. The second-order valence-electron chi connectivity index (χ2n) is 5.41. The maximum Gasteiger partial charge on any atom is 0.236 e. The number of ether oxygens (including phenoxy) is 2. The second kappa shape index (κ2) is 8.72. The predicted octanol–water partition coefficient (Wildman–Crippen LogP) is 3.23. The molecule has 1 amide bonds. The van der Waals surface area contributed by atoms with Gasteiger partial charge in [-0.3, -0.25) is 4.79 Å². The number of carbonyl (C=O) groups excluding carboxylic acids is 1. The molecule has 24 heavy (non-hydrogen) atoms. The molecule has 5 nitrogen and oxygen atoms in total. The highest BCUT2D eigenvalue weighted by atomic mass is 16.5. The van der Waals surface area contributed by atoms with E-state index < -0.39 is 0 Å². The van der Waals surface area contributed by atoms with E-state index in [0.717, 1.165) is 11.3 Å². The molecule has 0 saturated carbocycles. The molecule has 0 radical (unpaired) electrons. The van der Waals surface area contributed by atoms with E-state index in [9.17, 15) is 4.79 Å². The van der Waals surface area contributed by atoms with Gasteiger partial charge >= 0.3 is 0 Å². The van der Waals surface area contributed by atoms with Crippen molar-refractivity contribution < 1.29 is 14.3 Å². The summed E-state index contributed by atoms with van der Waals surface area (Å²) in [4.78, 5) is 10.8. The van der Waals surface area contributed by atoms with Crippen molar-refractivity contribution in [1.82, 2.24) is 5.43 Å². The highest BCUT2D eigenvalue weighted by Gasteiger charge is 2.02. The lowest BCUT2D eigenvalue weighted by molar-refractivity contribution is -0.118. The zero-order valence-corrected chi connectivity index (χ0v) is 14.2. The zero-order chi connectivity index (χ0) is 17.4. The number of hydrogen-bond donors (Lipinski definition) is 1. The first kappa shape index (κ1) is 17.5. The summed E-state index contributed by atoms with van der Waals surface area (Å²) >= 11 is 0. The van der Waals surface area contributed by atoms with E-state index in [2.05, 4.69) is 24.4 Å². The van der Waals surface area contributed by atoms with Crippen LogP contribution in [0.1, 0.15) is 23.6 Å². The Labute approximate surface area is 142 Å². The van der Waals surface area contributed by atoms with Crippen LogP contribution in [0.4, 0.5) is 0 Å². The van der Waals surface area contributed by atoms with Crippen molar-refractivity contribution in [3.63, 3.8) is 0 Å². The minimum absolute atomic E-state index is 0.216. The number of hydrazone groups is 1. The second-order valence-corrected chi connectivity index (χ2v) is 5.41. The number of nitrogens with zero attached hydrogens (tertiary/aromatic N) is 1. The Bertz CT molecular complexity index is 726. The molecule has 5 heteroatoms. The van der Waals surface area contributed by atoms with Crippen molar-refractivity contribution in [3.8, 4) is 11.5 Å². The molecule has 0 bridgehead atoms. The lowest BCUT2D eigenvalue weighted by Gasteiger charge is -2.11. The van der Waals surface area contributed by atoms with E-state index in [4.69, 9.17) is 9.47 Å². The Balaban J connectivity index is 1.86. The molecule has 2 rings (SSSR count). The predicted molar refractivity (Wildman–Crippen MR) is 94.8 cm³/mol. The lowest BCUT2D eigenvalue weighted by atomic mass is 10.1. The van der Waals surface area contributed by atoms with Crippen LogP contribution in [0.15, 0.2) is 47.6 Å². The van der Waals surface area contributed by atoms with Gasteiger partial charge in [0.15, 0.2) is 0 Å². The van der Waals surface area contributed by atoms with Crippen molar-refractivity contribution in [2.45, 2.75) is 20.8 Å². The molecule has 0 heterocycles. The lowest BCUT2D eigenvalue weighted by Crippen LogP contribution is -2.13. The summed E-state index contributed by atoms with van der Waals surface area (Å²) in [5, 5.41) is 3.86. The molecule has 0 aromatic heterocycles. The molecular formula is C19H22N2O3. The number of benzene rings is 2. The fourth-order valence-corrected chi connectivity index (χ4v) is 2.03. The summed E-state index contributed by atoms with van der Waals surface area (Å²) in [5.74, 6) is 1.31. The van der Waals surface area contributed by atoms with Crippen LogP contribution in [0, 0.1) is 13.8 Å². The van der Waals surface area contributed by atoms with Gasteiger partial charge in [0.2, 0.25) is 5.91 Å². The van der Waals surface area contributed by atoms with Crippen molar-refractivity contribution in [2.24, 2.45) is 5.10 Å². The number of hydrogen-bond acceptors (Lipinski definition) is 4. The molecule has 0 fully saturated rings. The van der Waals surface area contributed by atoms with Crippen molar-refractivity contribution in [2.75, 3.05) is 13.2 Å². The molecule has 0 saturated heterocycles. The van der Waals surface area contributed by atoms with Crippen LogP contribution >= 0.6 is 0 Å². The topological polar surface area (TPSA) is 59.9 Å². The molecule has 1 N–H and O–H groups in total. The van der Waals surface area contributed by atoms with Gasteiger partial charge in [0.1, 0.15) is 24.7 Å². The molecule has 0 aliphatic heterocycles. The van der Waals surface area contributed by atoms with E-state index >= 15 is 0 Å². The van der Waals surface area contributed by atoms with Crippen LogP contribution in [0.3, 0.4) is 0 Å². The fourth-order valence-electron chi connectivity index (χ4n) is 2.03. The quantitative estimate of drug-likeness (QED) is 0.483. The molecular weight excluding hydrogens is 304 g/mol. The first-order valence-electron chi connectivity index (χ1n) is 7.78. The maximum atomic E-state index is 10.8. The summed E-state index contributed by atoms with van der Waals surface area (Å²) in [6.45, 7) is 6.40.